The van der Waals surface area contributed by atoms with Crippen LogP contribution in [0.1, 0.15) is 16.1 Å². The first kappa shape index (κ1) is 14.7. The van der Waals surface area contributed by atoms with E-state index in [1.807, 2.05) is 5.32 Å². The summed E-state index contributed by atoms with van der Waals surface area (Å²) in [7, 11) is 0. The van der Waals surface area contributed by atoms with Crippen LogP contribution in [-0.2, 0) is 6.18 Å². The minimum atomic E-state index is -4.89. The minimum Gasteiger partial charge on any atom is -0.368 e. The number of carbonyl (C=O) groups is 1. The van der Waals surface area contributed by atoms with Crippen LogP contribution in [0.4, 0.5) is 29.2 Å². The lowest BCUT2D eigenvalue weighted by Crippen LogP contribution is -2.22. The number of rotatable bonds is 2. The first-order valence-electron chi connectivity index (χ1n) is 5.54. The summed E-state index contributed by atoms with van der Waals surface area (Å²) >= 11 is 0. The third-order valence-corrected chi connectivity index (χ3v) is 2.44. The van der Waals surface area contributed by atoms with Crippen molar-refractivity contribution in [2.24, 2.45) is 0 Å². The molecule has 1 aromatic heterocycles. The summed E-state index contributed by atoms with van der Waals surface area (Å²) in [5.74, 6) is -2.59. The molecule has 9 heteroatoms. The van der Waals surface area contributed by atoms with Gasteiger partial charge < -0.3 is 11.1 Å². The molecule has 0 aliphatic rings. The smallest absolute Gasteiger partial charge is 0.368 e. The van der Waals surface area contributed by atoms with Crippen molar-refractivity contribution >= 4 is 17.5 Å². The van der Waals surface area contributed by atoms with E-state index in [2.05, 4.69) is 9.97 Å². The first-order valence-corrected chi connectivity index (χ1v) is 5.54. The van der Waals surface area contributed by atoms with Gasteiger partial charge in [-0.15, -0.1) is 0 Å². The molecule has 0 unspecified atom stereocenters. The fourth-order valence-electron chi connectivity index (χ4n) is 1.53. The molecule has 0 spiro atoms. The SMILES string of the molecule is Nc1ncc(C(=O)Nc2ccccc2F)c(C(F)(F)F)n1. The molecular weight excluding hydrogens is 292 g/mol. The topological polar surface area (TPSA) is 80.9 Å². The molecule has 0 saturated heterocycles. The van der Waals surface area contributed by atoms with Gasteiger partial charge in [-0.3, -0.25) is 4.79 Å². The van der Waals surface area contributed by atoms with Crippen molar-refractivity contribution in [2.75, 3.05) is 11.1 Å². The van der Waals surface area contributed by atoms with Gasteiger partial charge in [0.25, 0.3) is 5.91 Å². The van der Waals surface area contributed by atoms with Gasteiger partial charge in [-0.2, -0.15) is 13.2 Å². The average Bonchev–Trinajstić information content (AvgIpc) is 2.40. The number of nitrogen functional groups attached to an aromatic ring is 1. The molecule has 0 atom stereocenters. The summed E-state index contributed by atoms with van der Waals surface area (Å²) in [5, 5.41) is 2.02. The van der Waals surface area contributed by atoms with E-state index in [0.717, 1.165) is 6.07 Å². The molecule has 2 rings (SSSR count). The molecule has 0 aliphatic heterocycles. The van der Waals surface area contributed by atoms with Crippen LogP contribution < -0.4 is 11.1 Å². The highest BCUT2D eigenvalue weighted by Crippen LogP contribution is 2.31. The number of amides is 1. The number of nitrogens with one attached hydrogen (secondary N) is 1. The van der Waals surface area contributed by atoms with E-state index in [-0.39, 0.29) is 5.69 Å². The molecular formula is C12H8F4N4O. The minimum absolute atomic E-state index is 0.257. The van der Waals surface area contributed by atoms with Crippen LogP contribution in [-0.4, -0.2) is 15.9 Å². The van der Waals surface area contributed by atoms with Crippen LogP contribution in [0.15, 0.2) is 30.5 Å². The normalized spacial score (nSPS) is 11.2. The molecule has 0 bridgehead atoms. The van der Waals surface area contributed by atoms with Gasteiger partial charge in [-0.25, -0.2) is 14.4 Å². The van der Waals surface area contributed by atoms with Crippen LogP contribution in [0.3, 0.4) is 0 Å². The molecule has 0 fully saturated rings. The van der Waals surface area contributed by atoms with Crippen molar-refractivity contribution in [1.82, 2.24) is 9.97 Å². The number of anilines is 2. The second kappa shape index (κ2) is 5.35. The maximum atomic E-state index is 13.4. The summed E-state index contributed by atoms with van der Waals surface area (Å²) in [6.07, 6.45) is -4.25. The van der Waals surface area contributed by atoms with E-state index >= 15 is 0 Å². The molecule has 5 nitrogen and oxygen atoms in total. The zero-order chi connectivity index (χ0) is 15.6. The number of hydrogen-bond acceptors (Lipinski definition) is 4. The number of alkyl halides is 3. The highest BCUT2D eigenvalue weighted by Gasteiger charge is 2.38. The molecule has 1 heterocycles. The van der Waals surface area contributed by atoms with Gasteiger partial charge >= 0.3 is 6.18 Å². The maximum Gasteiger partial charge on any atom is 0.434 e. The number of para-hydroxylation sites is 1. The lowest BCUT2D eigenvalue weighted by molar-refractivity contribution is -0.141. The Balaban J connectivity index is 2.38. The van der Waals surface area contributed by atoms with Gasteiger partial charge in [0.15, 0.2) is 5.69 Å². The predicted molar refractivity (Wildman–Crippen MR) is 65.8 cm³/mol. The standard InChI is InChI=1S/C12H8F4N4O/c13-7-3-1-2-4-8(7)19-10(21)6-5-18-11(17)20-9(6)12(14,15)16/h1-5H,(H,19,21)(H2,17,18,20). The van der Waals surface area contributed by atoms with E-state index in [1.165, 1.54) is 18.2 Å². The second-order valence-electron chi connectivity index (χ2n) is 3.92. The Morgan fingerprint density at radius 2 is 1.90 bits per heavy atom. The molecule has 110 valence electrons. The monoisotopic (exact) mass is 300 g/mol. The molecule has 0 saturated carbocycles. The van der Waals surface area contributed by atoms with Gasteiger partial charge in [-0.1, -0.05) is 12.1 Å². The van der Waals surface area contributed by atoms with E-state index in [0.29, 0.717) is 6.20 Å². The number of halogens is 4. The zero-order valence-corrected chi connectivity index (χ0v) is 10.3. The van der Waals surface area contributed by atoms with Gasteiger partial charge in [0.1, 0.15) is 5.82 Å². The van der Waals surface area contributed by atoms with Gasteiger partial charge in [0.05, 0.1) is 11.3 Å². The number of carbonyl (C=O) groups excluding carboxylic acids is 1. The number of nitrogens with two attached hydrogens (primary N) is 1. The third kappa shape index (κ3) is 3.25. The third-order valence-electron chi connectivity index (χ3n) is 2.44. The molecule has 0 radical (unpaired) electrons. The highest BCUT2D eigenvalue weighted by molar-refractivity contribution is 6.05. The Morgan fingerprint density at radius 1 is 1.24 bits per heavy atom. The Morgan fingerprint density at radius 3 is 2.52 bits per heavy atom. The maximum absolute atomic E-state index is 13.4. The fraction of sp³-hybridized carbons (Fsp3) is 0.0833. The fourth-order valence-corrected chi connectivity index (χ4v) is 1.53. The van der Waals surface area contributed by atoms with Crippen LogP contribution in [0.2, 0.25) is 0 Å². The number of aromatic nitrogens is 2. The van der Waals surface area contributed by atoms with Crippen molar-refractivity contribution in [3.8, 4) is 0 Å². The van der Waals surface area contributed by atoms with E-state index in [9.17, 15) is 22.4 Å². The first-order chi connectivity index (χ1) is 9.79. The molecule has 21 heavy (non-hydrogen) atoms. The Bertz CT molecular complexity index is 687. The van der Waals surface area contributed by atoms with Gasteiger partial charge in [0.2, 0.25) is 5.95 Å². The molecule has 2 aromatic rings. The van der Waals surface area contributed by atoms with Crippen molar-refractivity contribution < 1.29 is 22.4 Å². The highest BCUT2D eigenvalue weighted by atomic mass is 19.4. The predicted octanol–water partition coefficient (Wildman–Crippen LogP) is 2.47. The largest absolute Gasteiger partial charge is 0.434 e. The van der Waals surface area contributed by atoms with Crippen molar-refractivity contribution in [2.45, 2.75) is 6.18 Å². The molecule has 3 N–H and O–H groups in total. The Labute approximate surface area is 115 Å². The van der Waals surface area contributed by atoms with Crippen LogP contribution in [0, 0.1) is 5.82 Å². The summed E-state index contributed by atoms with van der Waals surface area (Å²) in [4.78, 5) is 18.2. The summed E-state index contributed by atoms with van der Waals surface area (Å²) in [6.45, 7) is 0. The molecule has 0 aliphatic carbocycles. The van der Waals surface area contributed by atoms with E-state index in [4.69, 9.17) is 5.73 Å². The zero-order valence-electron chi connectivity index (χ0n) is 10.3. The summed E-state index contributed by atoms with van der Waals surface area (Å²) < 4.78 is 51.8. The van der Waals surface area contributed by atoms with Gasteiger partial charge in [-0.05, 0) is 12.1 Å². The molecule has 1 amide bonds. The summed E-state index contributed by atoms with van der Waals surface area (Å²) in [6, 6.07) is 5.06. The van der Waals surface area contributed by atoms with Crippen LogP contribution in [0.5, 0.6) is 0 Å². The van der Waals surface area contributed by atoms with Crippen LogP contribution >= 0.6 is 0 Å². The van der Waals surface area contributed by atoms with Crippen LogP contribution in [0.25, 0.3) is 0 Å². The number of hydrogen-bond donors (Lipinski definition) is 2. The van der Waals surface area contributed by atoms with Crippen molar-refractivity contribution in [1.29, 1.82) is 0 Å². The van der Waals surface area contributed by atoms with Crippen molar-refractivity contribution in [3.63, 3.8) is 0 Å². The quantitative estimate of drug-likeness (QED) is 0.835. The lowest BCUT2D eigenvalue weighted by atomic mass is 10.2. The summed E-state index contributed by atoms with van der Waals surface area (Å²) in [5.41, 5.74) is 2.50. The lowest BCUT2D eigenvalue weighted by Gasteiger charge is -2.12. The van der Waals surface area contributed by atoms with E-state index < -0.39 is 35.1 Å². The van der Waals surface area contributed by atoms with E-state index in [1.54, 1.807) is 0 Å². The number of nitrogens with zero attached hydrogens (tertiary/aromatic N) is 2. The number of benzene rings is 1. The molecule has 1 aromatic carbocycles. The second-order valence-corrected chi connectivity index (χ2v) is 3.92. The Hall–Kier alpha value is -2.71. The Kier molecular flexibility index (Phi) is 3.74. The van der Waals surface area contributed by atoms with Crippen molar-refractivity contribution in [3.05, 3.63) is 47.5 Å². The van der Waals surface area contributed by atoms with Gasteiger partial charge in [0, 0.05) is 6.20 Å². The average molecular weight is 300 g/mol.